The van der Waals surface area contributed by atoms with Crippen LogP contribution in [0.25, 0.3) is 0 Å². The molecule has 0 N–H and O–H groups in total. The number of esters is 1. The maximum Gasteiger partial charge on any atom is 0.302 e. The molecule has 1 fully saturated rings. The molecule has 1 aliphatic carbocycles. The molecule has 3 nitrogen and oxygen atoms in total. The second-order valence-electron chi connectivity index (χ2n) is 3.17. The molecule has 0 aliphatic heterocycles. The van der Waals surface area contributed by atoms with E-state index in [2.05, 4.69) is 20.7 Å². The van der Waals surface area contributed by atoms with E-state index in [0.717, 1.165) is 0 Å². The molecule has 0 saturated heterocycles. The maximum absolute atomic E-state index is 9.96. The van der Waals surface area contributed by atoms with Crippen LogP contribution in [-0.4, -0.2) is 31.1 Å². The number of rotatable bonds is 3. The van der Waals surface area contributed by atoms with E-state index in [1.807, 2.05) is 0 Å². The lowest BCUT2D eigenvalue weighted by Gasteiger charge is -2.02. The van der Waals surface area contributed by atoms with Gasteiger partial charge in [-0.25, -0.2) is 0 Å². The number of ether oxygens (including phenoxy) is 2. The summed E-state index contributed by atoms with van der Waals surface area (Å²) in [5.74, 6) is -0.223. The SMILES string of the molecule is CC(=O)OCCBr.COC1CCCC1. The number of halogens is 1. The first kappa shape index (κ1) is 13.9. The molecule has 0 amide bonds. The molecular weight excluding hydrogens is 248 g/mol. The van der Waals surface area contributed by atoms with E-state index in [0.29, 0.717) is 18.0 Å². The molecule has 0 bridgehead atoms. The molecule has 1 rings (SSSR count). The highest BCUT2D eigenvalue weighted by molar-refractivity contribution is 9.09. The first-order valence-corrected chi connectivity index (χ1v) is 6.05. The number of methoxy groups -OCH3 is 1. The zero-order valence-electron chi connectivity index (χ0n) is 8.92. The van der Waals surface area contributed by atoms with Crippen molar-refractivity contribution in [2.75, 3.05) is 19.0 Å². The normalized spacial score (nSPS) is 15.9. The van der Waals surface area contributed by atoms with Gasteiger partial charge in [0.1, 0.15) is 6.61 Å². The highest BCUT2D eigenvalue weighted by atomic mass is 79.9. The highest BCUT2D eigenvalue weighted by Gasteiger charge is 2.12. The summed E-state index contributed by atoms with van der Waals surface area (Å²) in [5.41, 5.74) is 0. The van der Waals surface area contributed by atoms with Crippen LogP contribution in [0.15, 0.2) is 0 Å². The van der Waals surface area contributed by atoms with E-state index in [9.17, 15) is 4.79 Å². The van der Waals surface area contributed by atoms with Gasteiger partial charge in [-0.1, -0.05) is 28.8 Å². The lowest BCUT2D eigenvalue weighted by Crippen LogP contribution is -2.01. The van der Waals surface area contributed by atoms with Gasteiger partial charge in [0.05, 0.1) is 6.10 Å². The van der Waals surface area contributed by atoms with Gasteiger partial charge in [0, 0.05) is 19.4 Å². The van der Waals surface area contributed by atoms with Crippen LogP contribution in [0.4, 0.5) is 0 Å². The Morgan fingerprint density at radius 3 is 2.21 bits per heavy atom. The van der Waals surface area contributed by atoms with Crippen LogP contribution in [0, 0.1) is 0 Å². The lowest BCUT2D eigenvalue weighted by molar-refractivity contribution is -0.140. The Kier molecular flexibility index (Phi) is 9.40. The quantitative estimate of drug-likeness (QED) is 0.582. The van der Waals surface area contributed by atoms with E-state index >= 15 is 0 Å². The molecule has 0 aromatic carbocycles. The molecule has 14 heavy (non-hydrogen) atoms. The van der Waals surface area contributed by atoms with Gasteiger partial charge in [-0.05, 0) is 12.8 Å². The topological polar surface area (TPSA) is 35.5 Å². The van der Waals surface area contributed by atoms with Gasteiger partial charge in [0.2, 0.25) is 0 Å². The van der Waals surface area contributed by atoms with Crippen molar-refractivity contribution in [3.63, 3.8) is 0 Å². The van der Waals surface area contributed by atoms with Crippen molar-refractivity contribution in [3.8, 4) is 0 Å². The van der Waals surface area contributed by atoms with Gasteiger partial charge in [-0.15, -0.1) is 0 Å². The third-order valence-electron chi connectivity index (χ3n) is 2.02. The molecule has 0 aromatic heterocycles. The Labute approximate surface area is 94.3 Å². The summed E-state index contributed by atoms with van der Waals surface area (Å²) in [6.45, 7) is 1.86. The van der Waals surface area contributed by atoms with Crippen LogP contribution in [0.5, 0.6) is 0 Å². The highest BCUT2D eigenvalue weighted by Crippen LogP contribution is 2.19. The monoisotopic (exact) mass is 266 g/mol. The minimum atomic E-state index is -0.223. The Balaban J connectivity index is 0.000000241. The van der Waals surface area contributed by atoms with Crippen molar-refractivity contribution in [2.24, 2.45) is 0 Å². The minimum Gasteiger partial charge on any atom is -0.465 e. The van der Waals surface area contributed by atoms with Crippen molar-refractivity contribution in [2.45, 2.75) is 38.7 Å². The molecule has 0 heterocycles. The van der Waals surface area contributed by atoms with Crippen molar-refractivity contribution in [1.82, 2.24) is 0 Å². The molecule has 1 saturated carbocycles. The van der Waals surface area contributed by atoms with E-state index in [4.69, 9.17) is 4.74 Å². The van der Waals surface area contributed by atoms with Crippen LogP contribution in [0.2, 0.25) is 0 Å². The van der Waals surface area contributed by atoms with Crippen molar-refractivity contribution in [1.29, 1.82) is 0 Å². The maximum atomic E-state index is 9.96. The summed E-state index contributed by atoms with van der Waals surface area (Å²) in [4.78, 5) is 9.96. The molecule has 84 valence electrons. The number of carbonyl (C=O) groups is 1. The summed E-state index contributed by atoms with van der Waals surface area (Å²) in [6, 6.07) is 0. The average Bonchev–Trinajstić information content (AvgIpc) is 2.68. The first-order chi connectivity index (χ1) is 6.70. The number of hydrogen-bond acceptors (Lipinski definition) is 3. The smallest absolute Gasteiger partial charge is 0.302 e. The summed E-state index contributed by atoms with van der Waals surface area (Å²) >= 11 is 3.10. The van der Waals surface area contributed by atoms with E-state index < -0.39 is 0 Å². The fraction of sp³-hybridized carbons (Fsp3) is 0.900. The van der Waals surface area contributed by atoms with E-state index in [-0.39, 0.29) is 5.97 Å². The van der Waals surface area contributed by atoms with Gasteiger partial charge >= 0.3 is 5.97 Å². The van der Waals surface area contributed by atoms with Crippen LogP contribution < -0.4 is 0 Å². The standard InChI is InChI=1S/C6H12O.C4H7BrO2/c1-7-6-4-2-3-5-6;1-4(6)7-3-2-5/h6H,2-5H2,1H3;2-3H2,1H3. The van der Waals surface area contributed by atoms with Crippen LogP contribution in [0.1, 0.15) is 32.6 Å². The Hall–Kier alpha value is -0.0900. The van der Waals surface area contributed by atoms with Gasteiger partial charge in [0.15, 0.2) is 0 Å². The number of hydrogen-bond donors (Lipinski definition) is 0. The molecular formula is C10H19BrO3. The van der Waals surface area contributed by atoms with Crippen LogP contribution >= 0.6 is 15.9 Å². The number of alkyl halides is 1. The van der Waals surface area contributed by atoms with Crippen molar-refractivity contribution >= 4 is 21.9 Å². The Morgan fingerprint density at radius 2 is 2.00 bits per heavy atom. The fourth-order valence-electron chi connectivity index (χ4n) is 1.31. The van der Waals surface area contributed by atoms with Crippen LogP contribution in [0.3, 0.4) is 0 Å². The lowest BCUT2D eigenvalue weighted by atomic mass is 10.3. The zero-order valence-corrected chi connectivity index (χ0v) is 10.5. The third kappa shape index (κ3) is 8.51. The van der Waals surface area contributed by atoms with Gasteiger partial charge < -0.3 is 9.47 Å². The molecule has 4 heteroatoms. The predicted octanol–water partition coefficient (Wildman–Crippen LogP) is 2.52. The van der Waals surface area contributed by atoms with Gasteiger partial charge in [-0.2, -0.15) is 0 Å². The van der Waals surface area contributed by atoms with Crippen molar-refractivity contribution < 1.29 is 14.3 Å². The summed E-state index contributed by atoms with van der Waals surface area (Å²) < 4.78 is 9.62. The summed E-state index contributed by atoms with van der Waals surface area (Å²) in [5, 5.41) is 0.715. The molecule has 0 radical (unpaired) electrons. The second kappa shape index (κ2) is 9.46. The third-order valence-corrected chi connectivity index (χ3v) is 2.34. The molecule has 0 atom stereocenters. The molecule has 0 unspecified atom stereocenters. The summed E-state index contributed by atoms with van der Waals surface area (Å²) in [6.07, 6.45) is 5.92. The first-order valence-electron chi connectivity index (χ1n) is 4.92. The average molecular weight is 267 g/mol. The number of carbonyl (C=O) groups excluding carboxylic acids is 1. The second-order valence-corrected chi connectivity index (χ2v) is 3.96. The van der Waals surface area contributed by atoms with Gasteiger partial charge in [-0.3, -0.25) is 4.79 Å². The predicted molar refractivity (Wildman–Crippen MR) is 59.7 cm³/mol. The molecule has 0 spiro atoms. The largest absolute Gasteiger partial charge is 0.465 e. The van der Waals surface area contributed by atoms with Crippen LogP contribution in [-0.2, 0) is 14.3 Å². The Morgan fingerprint density at radius 1 is 1.43 bits per heavy atom. The molecule has 0 aromatic rings. The fourth-order valence-corrected chi connectivity index (χ4v) is 1.47. The van der Waals surface area contributed by atoms with E-state index in [1.54, 1.807) is 7.11 Å². The zero-order chi connectivity index (χ0) is 10.8. The van der Waals surface area contributed by atoms with Crippen molar-refractivity contribution in [3.05, 3.63) is 0 Å². The Bertz CT molecular complexity index is 144. The minimum absolute atomic E-state index is 0.223. The molecule has 1 aliphatic rings. The summed E-state index contributed by atoms with van der Waals surface area (Å²) in [7, 11) is 1.80. The van der Waals surface area contributed by atoms with Gasteiger partial charge in [0.25, 0.3) is 0 Å². The van der Waals surface area contributed by atoms with E-state index in [1.165, 1.54) is 32.6 Å².